The standard InChI is InChI=1S/C14H23NO4/c16-8-6-10-3-2-7-15(9-10)13(17)11-4-1-5-12(11)14(18)19/h10-12,16H,1-9H2,(H,18,19). The first-order valence-electron chi connectivity index (χ1n) is 7.26. The molecule has 1 aliphatic heterocycles. The molecule has 2 N–H and O–H groups in total. The summed E-state index contributed by atoms with van der Waals surface area (Å²) < 4.78 is 0. The maximum absolute atomic E-state index is 12.5. The number of carbonyl (C=O) groups is 2. The highest BCUT2D eigenvalue weighted by atomic mass is 16.4. The van der Waals surface area contributed by atoms with E-state index in [1.165, 1.54) is 0 Å². The van der Waals surface area contributed by atoms with Gasteiger partial charge in [0.25, 0.3) is 0 Å². The molecule has 0 aromatic rings. The summed E-state index contributed by atoms with van der Waals surface area (Å²) in [4.78, 5) is 25.5. The SMILES string of the molecule is O=C(O)C1CCCC1C(=O)N1CCCC(CCO)C1. The van der Waals surface area contributed by atoms with Crippen molar-refractivity contribution in [3.05, 3.63) is 0 Å². The van der Waals surface area contributed by atoms with E-state index in [4.69, 9.17) is 10.2 Å². The highest BCUT2D eigenvalue weighted by Crippen LogP contribution is 2.34. The smallest absolute Gasteiger partial charge is 0.307 e. The molecular formula is C14H23NO4. The van der Waals surface area contributed by atoms with Gasteiger partial charge in [0.1, 0.15) is 0 Å². The maximum Gasteiger partial charge on any atom is 0.307 e. The summed E-state index contributed by atoms with van der Waals surface area (Å²) in [6, 6.07) is 0. The molecule has 5 heteroatoms. The molecule has 2 fully saturated rings. The molecule has 3 atom stereocenters. The number of aliphatic hydroxyl groups is 1. The lowest BCUT2D eigenvalue weighted by Gasteiger charge is -2.34. The van der Waals surface area contributed by atoms with E-state index in [0.717, 1.165) is 32.2 Å². The van der Waals surface area contributed by atoms with Crippen LogP contribution in [-0.4, -0.2) is 46.7 Å². The number of hydrogen-bond donors (Lipinski definition) is 2. The Balaban J connectivity index is 1.96. The number of piperidine rings is 1. The second kappa shape index (κ2) is 6.37. The summed E-state index contributed by atoms with van der Waals surface area (Å²) in [6.07, 6.45) is 4.91. The Bertz CT molecular complexity index is 342. The molecule has 1 saturated heterocycles. The molecule has 5 nitrogen and oxygen atoms in total. The number of carboxylic acids is 1. The topological polar surface area (TPSA) is 77.8 Å². The fourth-order valence-corrected chi connectivity index (χ4v) is 3.47. The fraction of sp³-hybridized carbons (Fsp3) is 0.857. The van der Waals surface area contributed by atoms with E-state index < -0.39 is 11.9 Å². The van der Waals surface area contributed by atoms with Crippen molar-refractivity contribution < 1.29 is 19.8 Å². The predicted octanol–water partition coefficient (Wildman–Crippen LogP) is 1.11. The number of carbonyl (C=O) groups excluding carboxylic acids is 1. The van der Waals surface area contributed by atoms with Crippen LogP contribution in [0.2, 0.25) is 0 Å². The second-order valence-electron chi connectivity index (χ2n) is 5.79. The van der Waals surface area contributed by atoms with Gasteiger partial charge in [0.2, 0.25) is 5.91 Å². The van der Waals surface area contributed by atoms with Crippen LogP contribution < -0.4 is 0 Å². The molecule has 0 aromatic heterocycles. The molecule has 1 amide bonds. The summed E-state index contributed by atoms with van der Waals surface area (Å²) in [5, 5.41) is 18.2. The van der Waals surface area contributed by atoms with Gasteiger partial charge in [-0.2, -0.15) is 0 Å². The zero-order valence-electron chi connectivity index (χ0n) is 11.3. The third kappa shape index (κ3) is 3.26. The van der Waals surface area contributed by atoms with E-state index in [-0.39, 0.29) is 18.4 Å². The second-order valence-corrected chi connectivity index (χ2v) is 5.79. The number of aliphatic carboxylic acids is 1. The van der Waals surface area contributed by atoms with Crippen LogP contribution in [0.15, 0.2) is 0 Å². The van der Waals surface area contributed by atoms with Gasteiger partial charge in [-0.25, -0.2) is 0 Å². The van der Waals surface area contributed by atoms with Gasteiger partial charge < -0.3 is 15.1 Å². The molecule has 1 saturated carbocycles. The Kier molecular flexibility index (Phi) is 4.80. The lowest BCUT2D eigenvalue weighted by atomic mass is 9.91. The Morgan fingerprint density at radius 1 is 1.11 bits per heavy atom. The van der Waals surface area contributed by atoms with Crippen LogP contribution >= 0.6 is 0 Å². The molecule has 108 valence electrons. The minimum absolute atomic E-state index is 0.0209. The van der Waals surface area contributed by atoms with Crippen molar-refractivity contribution in [1.82, 2.24) is 4.90 Å². The molecule has 1 heterocycles. The number of hydrogen-bond acceptors (Lipinski definition) is 3. The Morgan fingerprint density at radius 3 is 2.53 bits per heavy atom. The lowest BCUT2D eigenvalue weighted by Crippen LogP contribution is -2.44. The van der Waals surface area contributed by atoms with E-state index in [9.17, 15) is 9.59 Å². The van der Waals surface area contributed by atoms with Crippen molar-refractivity contribution in [2.75, 3.05) is 19.7 Å². The third-order valence-electron chi connectivity index (χ3n) is 4.52. The average molecular weight is 269 g/mol. The van der Waals surface area contributed by atoms with Gasteiger partial charge in [0.05, 0.1) is 11.8 Å². The highest BCUT2D eigenvalue weighted by Gasteiger charge is 2.40. The maximum atomic E-state index is 12.5. The van der Waals surface area contributed by atoms with Gasteiger partial charge in [-0.3, -0.25) is 9.59 Å². The quantitative estimate of drug-likeness (QED) is 0.801. The highest BCUT2D eigenvalue weighted by molar-refractivity contribution is 5.85. The predicted molar refractivity (Wildman–Crippen MR) is 69.5 cm³/mol. The Hall–Kier alpha value is -1.10. The summed E-state index contributed by atoms with van der Waals surface area (Å²) >= 11 is 0. The van der Waals surface area contributed by atoms with Gasteiger partial charge in [-0.1, -0.05) is 6.42 Å². The lowest BCUT2D eigenvalue weighted by molar-refractivity contribution is -0.149. The average Bonchev–Trinajstić information content (AvgIpc) is 2.88. The van der Waals surface area contributed by atoms with E-state index in [2.05, 4.69) is 0 Å². The van der Waals surface area contributed by atoms with Crippen molar-refractivity contribution in [1.29, 1.82) is 0 Å². The number of carboxylic acid groups (broad SMARTS) is 1. The first-order chi connectivity index (χ1) is 9.13. The summed E-state index contributed by atoms with van der Waals surface area (Å²) in [6.45, 7) is 1.58. The van der Waals surface area contributed by atoms with Crippen molar-refractivity contribution in [2.45, 2.75) is 38.5 Å². The zero-order valence-corrected chi connectivity index (χ0v) is 11.3. The molecule has 2 rings (SSSR count). The van der Waals surface area contributed by atoms with Crippen LogP contribution in [0.25, 0.3) is 0 Å². The molecular weight excluding hydrogens is 246 g/mol. The summed E-state index contributed by atoms with van der Waals surface area (Å²) in [5.41, 5.74) is 0. The molecule has 1 aliphatic carbocycles. The summed E-state index contributed by atoms with van der Waals surface area (Å²) in [5.74, 6) is -1.27. The van der Waals surface area contributed by atoms with Crippen LogP contribution in [0.3, 0.4) is 0 Å². The van der Waals surface area contributed by atoms with E-state index in [1.54, 1.807) is 0 Å². The van der Waals surface area contributed by atoms with E-state index in [1.807, 2.05) is 4.90 Å². The minimum atomic E-state index is -0.834. The van der Waals surface area contributed by atoms with Crippen LogP contribution in [0.1, 0.15) is 38.5 Å². The van der Waals surface area contributed by atoms with Gasteiger partial charge >= 0.3 is 5.97 Å². The number of amides is 1. The zero-order chi connectivity index (χ0) is 13.8. The molecule has 0 radical (unpaired) electrons. The fourth-order valence-electron chi connectivity index (χ4n) is 3.47. The van der Waals surface area contributed by atoms with E-state index >= 15 is 0 Å². The van der Waals surface area contributed by atoms with Crippen LogP contribution in [-0.2, 0) is 9.59 Å². The molecule has 0 bridgehead atoms. The Morgan fingerprint density at radius 2 is 1.84 bits per heavy atom. The van der Waals surface area contributed by atoms with Crippen LogP contribution in [0, 0.1) is 17.8 Å². The van der Waals surface area contributed by atoms with Gasteiger partial charge in [-0.05, 0) is 38.0 Å². The number of nitrogens with zero attached hydrogens (tertiary/aromatic N) is 1. The number of likely N-dealkylation sites (tertiary alicyclic amines) is 1. The monoisotopic (exact) mass is 269 g/mol. The van der Waals surface area contributed by atoms with Gasteiger partial charge in [0.15, 0.2) is 0 Å². The molecule has 0 spiro atoms. The number of rotatable bonds is 4. The molecule has 2 aliphatic rings. The normalized spacial score (nSPS) is 31.4. The van der Waals surface area contributed by atoms with Crippen LogP contribution in [0.4, 0.5) is 0 Å². The first kappa shape index (κ1) is 14.3. The first-order valence-corrected chi connectivity index (χ1v) is 7.26. The van der Waals surface area contributed by atoms with Crippen molar-refractivity contribution in [2.24, 2.45) is 17.8 Å². The van der Waals surface area contributed by atoms with Crippen LogP contribution in [0.5, 0.6) is 0 Å². The van der Waals surface area contributed by atoms with Crippen molar-refractivity contribution in [3.8, 4) is 0 Å². The third-order valence-corrected chi connectivity index (χ3v) is 4.52. The molecule has 0 aromatic carbocycles. The van der Waals surface area contributed by atoms with Gasteiger partial charge in [0, 0.05) is 19.7 Å². The largest absolute Gasteiger partial charge is 0.481 e. The number of aliphatic hydroxyl groups excluding tert-OH is 1. The van der Waals surface area contributed by atoms with E-state index in [0.29, 0.717) is 25.3 Å². The van der Waals surface area contributed by atoms with Crippen molar-refractivity contribution in [3.63, 3.8) is 0 Å². The molecule has 19 heavy (non-hydrogen) atoms. The summed E-state index contributed by atoms with van der Waals surface area (Å²) in [7, 11) is 0. The van der Waals surface area contributed by atoms with Crippen molar-refractivity contribution >= 4 is 11.9 Å². The minimum Gasteiger partial charge on any atom is -0.481 e. The molecule has 3 unspecified atom stereocenters. The van der Waals surface area contributed by atoms with Gasteiger partial charge in [-0.15, -0.1) is 0 Å². The Labute approximate surface area is 113 Å².